The first-order valence-electron chi connectivity index (χ1n) is 5.94. The summed E-state index contributed by atoms with van der Waals surface area (Å²) in [4.78, 5) is 2.51. The number of likely N-dealkylation sites (N-methyl/N-ethyl adjacent to an activating group) is 1. The van der Waals surface area contributed by atoms with E-state index in [-0.39, 0.29) is 0 Å². The zero-order chi connectivity index (χ0) is 10.8. The standard InChI is InChI=1S/C12H26N2/c1-10(2)8-14(4)12(9-13)7-5-6-11(12)3/h10-11H,5-9,13H2,1-4H3. The summed E-state index contributed by atoms with van der Waals surface area (Å²) in [6.45, 7) is 8.90. The van der Waals surface area contributed by atoms with Crippen LogP contribution in [0.1, 0.15) is 40.0 Å². The van der Waals surface area contributed by atoms with Crippen molar-refractivity contribution in [3.05, 3.63) is 0 Å². The van der Waals surface area contributed by atoms with Gasteiger partial charge in [-0.2, -0.15) is 0 Å². The predicted octanol–water partition coefficient (Wildman–Crippen LogP) is 2.09. The van der Waals surface area contributed by atoms with Crippen LogP contribution < -0.4 is 5.73 Å². The number of hydrogen-bond donors (Lipinski definition) is 1. The zero-order valence-electron chi connectivity index (χ0n) is 10.2. The number of rotatable bonds is 4. The maximum Gasteiger partial charge on any atom is 0.0354 e. The zero-order valence-corrected chi connectivity index (χ0v) is 10.2. The molecule has 2 atom stereocenters. The normalized spacial score (nSPS) is 33.2. The van der Waals surface area contributed by atoms with Gasteiger partial charge in [-0.25, -0.2) is 0 Å². The van der Waals surface area contributed by atoms with Crippen molar-refractivity contribution >= 4 is 0 Å². The molecule has 1 saturated carbocycles. The first-order chi connectivity index (χ1) is 6.53. The molecule has 0 amide bonds. The van der Waals surface area contributed by atoms with Crippen LogP contribution in [-0.2, 0) is 0 Å². The van der Waals surface area contributed by atoms with Crippen LogP contribution >= 0.6 is 0 Å². The maximum atomic E-state index is 5.99. The van der Waals surface area contributed by atoms with Crippen LogP contribution in [0.3, 0.4) is 0 Å². The molecule has 0 heterocycles. The van der Waals surface area contributed by atoms with Gasteiger partial charge in [0, 0.05) is 18.6 Å². The van der Waals surface area contributed by atoms with Crippen molar-refractivity contribution in [2.24, 2.45) is 17.6 Å². The molecule has 0 saturated heterocycles. The molecule has 2 unspecified atom stereocenters. The van der Waals surface area contributed by atoms with Gasteiger partial charge in [0.15, 0.2) is 0 Å². The first kappa shape index (κ1) is 12.0. The Morgan fingerprint density at radius 1 is 1.50 bits per heavy atom. The molecular formula is C12H26N2. The van der Waals surface area contributed by atoms with Crippen LogP contribution in [0, 0.1) is 11.8 Å². The fraction of sp³-hybridized carbons (Fsp3) is 1.00. The molecule has 2 N–H and O–H groups in total. The lowest BCUT2D eigenvalue weighted by Gasteiger charge is -2.42. The summed E-state index contributed by atoms with van der Waals surface area (Å²) in [5.41, 5.74) is 6.29. The fourth-order valence-electron chi connectivity index (χ4n) is 2.99. The average molecular weight is 198 g/mol. The van der Waals surface area contributed by atoms with E-state index in [2.05, 4.69) is 32.7 Å². The highest BCUT2D eigenvalue weighted by Gasteiger charge is 2.42. The van der Waals surface area contributed by atoms with Crippen molar-refractivity contribution in [1.82, 2.24) is 4.90 Å². The minimum absolute atomic E-state index is 0.296. The van der Waals surface area contributed by atoms with Crippen molar-refractivity contribution in [3.63, 3.8) is 0 Å². The Labute approximate surface area is 88.8 Å². The Bertz CT molecular complexity index is 179. The Morgan fingerprint density at radius 3 is 2.50 bits per heavy atom. The second-order valence-corrected chi connectivity index (χ2v) is 5.38. The first-order valence-corrected chi connectivity index (χ1v) is 5.94. The molecule has 0 aromatic heterocycles. The van der Waals surface area contributed by atoms with Gasteiger partial charge in [-0.3, -0.25) is 4.90 Å². The third-order valence-corrected chi connectivity index (χ3v) is 3.92. The summed E-state index contributed by atoms with van der Waals surface area (Å²) in [7, 11) is 2.24. The van der Waals surface area contributed by atoms with Crippen LogP contribution in [0.4, 0.5) is 0 Å². The van der Waals surface area contributed by atoms with Crippen LogP contribution in [0.25, 0.3) is 0 Å². The van der Waals surface area contributed by atoms with E-state index in [1.54, 1.807) is 0 Å². The molecular weight excluding hydrogens is 172 g/mol. The molecule has 14 heavy (non-hydrogen) atoms. The predicted molar refractivity (Wildman–Crippen MR) is 62.3 cm³/mol. The lowest BCUT2D eigenvalue weighted by atomic mass is 9.86. The molecule has 1 aliphatic carbocycles. The highest BCUT2D eigenvalue weighted by molar-refractivity contribution is 4.99. The Balaban J connectivity index is 2.68. The molecule has 0 aromatic carbocycles. The summed E-state index contributed by atoms with van der Waals surface area (Å²) < 4.78 is 0. The van der Waals surface area contributed by atoms with Gasteiger partial charge in [-0.05, 0) is 31.7 Å². The van der Waals surface area contributed by atoms with E-state index in [4.69, 9.17) is 5.73 Å². The van der Waals surface area contributed by atoms with Gasteiger partial charge in [-0.15, -0.1) is 0 Å². The van der Waals surface area contributed by atoms with Gasteiger partial charge in [0.1, 0.15) is 0 Å². The smallest absolute Gasteiger partial charge is 0.0354 e. The molecule has 0 bridgehead atoms. The van der Waals surface area contributed by atoms with Crippen molar-refractivity contribution in [3.8, 4) is 0 Å². The summed E-state index contributed by atoms with van der Waals surface area (Å²) in [5, 5.41) is 0. The minimum Gasteiger partial charge on any atom is -0.329 e. The number of nitrogens with zero attached hydrogens (tertiary/aromatic N) is 1. The topological polar surface area (TPSA) is 29.3 Å². The molecule has 2 nitrogen and oxygen atoms in total. The number of nitrogens with two attached hydrogens (primary N) is 1. The van der Waals surface area contributed by atoms with Crippen LogP contribution in [0.15, 0.2) is 0 Å². The minimum atomic E-state index is 0.296. The van der Waals surface area contributed by atoms with Crippen molar-refractivity contribution in [2.75, 3.05) is 20.1 Å². The van der Waals surface area contributed by atoms with Crippen LogP contribution in [0.2, 0.25) is 0 Å². The van der Waals surface area contributed by atoms with Gasteiger partial charge < -0.3 is 5.73 Å². The highest BCUT2D eigenvalue weighted by Crippen LogP contribution is 2.39. The number of hydrogen-bond acceptors (Lipinski definition) is 2. The maximum absolute atomic E-state index is 5.99. The SMILES string of the molecule is CC(C)CN(C)C1(CN)CCCC1C. The Morgan fingerprint density at radius 2 is 2.14 bits per heavy atom. The van der Waals surface area contributed by atoms with E-state index >= 15 is 0 Å². The largest absolute Gasteiger partial charge is 0.329 e. The second-order valence-electron chi connectivity index (χ2n) is 5.38. The lowest BCUT2D eigenvalue weighted by molar-refractivity contribution is 0.0798. The molecule has 1 fully saturated rings. The van der Waals surface area contributed by atoms with Gasteiger partial charge in [0.25, 0.3) is 0 Å². The molecule has 1 rings (SSSR count). The van der Waals surface area contributed by atoms with E-state index in [1.165, 1.54) is 25.8 Å². The molecule has 0 spiro atoms. The monoisotopic (exact) mass is 198 g/mol. The molecule has 0 aliphatic heterocycles. The Hall–Kier alpha value is -0.0800. The third kappa shape index (κ3) is 2.12. The highest BCUT2D eigenvalue weighted by atomic mass is 15.2. The Kier molecular flexibility index (Phi) is 3.96. The summed E-state index contributed by atoms with van der Waals surface area (Å²) in [5.74, 6) is 1.49. The second kappa shape index (κ2) is 4.63. The van der Waals surface area contributed by atoms with E-state index < -0.39 is 0 Å². The van der Waals surface area contributed by atoms with E-state index in [0.717, 1.165) is 18.4 Å². The lowest BCUT2D eigenvalue weighted by Crippen LogP contribution is -2.54. The molecule has 2 heteroatoms. The quantitative estimate of drug-likeness (QED) is 0.749. The van der Waals surface area contributed by atoms with E-state index in [9.17, 15) is 0 Å². The average Bonchev–Trinajstić information content (AvgIpc) is 2.46. The molecule has 0 aromatic rings. The van der Waals surface area contributed by atoms with Gasteiger partial charge >= 0.3 is 0 Å². The fourth-order valence-corrected chi connectivity index (χ4v) is 2.99. The summed E-state index contributed by atoms with van der Waals surface area (Å²) in [6, 6.07) is 0. The van der Waals surface area contributed by atoms with Gasteiger partial charge in [-0.1, -0.05) is 27.2 Å². The van der Waals surface area contributed by atoms with Crippen LogP contribution in [-0.4, -0.2) is 30.6 Å². The summed E-state index contributed by atoms with van der Waals surface area (Å²) >= 11 is 0. The van der Waals surface area contributed by atoms with E-state index in [0.29, 0.717) is 5.54 Å². The van der Waals surface area contributed by atoms with Crippen molar-refractivity contribution in [1.29, 1.82) is 0 Å². The third-order valence-electron chi connectivity index (χ3n) is 3.92. The van der Waals surface area contributed by atoms with E-state index in [1.807, 2.05) is 0 Å². The van der Waals surface area contributed by atoms with Crippen molar-refractivity contribution in [2.45, 2.75) is 45.6 Å². The van der Waals surface area contributed by atoms with Gasteiger partial charge in [0.05, 0.1) is 0 Å². The summed E-state index contributed by atoms with van der Waals surface area (Å²) in [6.07, 6.45) is 3.98. The van der Waals surface area contributed by atoms with Crippen molar-refractivity contribution < 1.29 is 0 Å². The molecule has 84 valence electrons. The van der Waals surface area contributed by atoms with Gasteiger partial charge in [0.2, 0.25) is 0 Å². The van der Waals surface area contributed by atoms with Crippen LogP contribution in [0.5, 0.6) is 0 Å². The molecule has 1 aliphatic rings. The molecule has 0 radical (unpaired) electrons.